The van der Waals surface area contributed by atoms with Crippen LogP contribution in [0.2, 0.25) is 0 Å². The van der Waals surface area contributed by atoms with Crippen molar-refractivity contribution in [1.29, 1.82) is 0 Å². The quantitative estimate of drug-likeness (QED) is 0.588. The van der Waals surface area contributed by atoms with Gasteiger partial charge in [-0.05, 0) is 31.2 Å². The topological polar surface area (TPSA) is 74.6 Å². The smallest absolute Gasteiger partial charge is 0.252 e. The number of fused-ring (bicyclic) bond motifs is 1. The van der Waals surface area contributed by atoms with Gasteiger partial charge in [0.1, 0.15) is 5.82 Å². The molecule has 1 amide bonds. The first kappa shape index (κ1) is 20.3. The van der Waals surface area contributed by atoms with Crippen molar-refractivity contribution in [2.75, 3.05) is 21.3 Å². The van der Waals surface area contributed by atoms with E-state index in [4.69, 9.17) is 19.2 Å². The summed E-state index contributed by atoms with van der Waals surface area (Å²) in [6.45, 7) is 6.33. The fourth-order valence-corrected chi connectivity index (χ4v) is 3.30. The summed E-state index contributed by atoms with van der Waals surface area (Å²) in [5.41, 5.74) is 2.27. The van der Waals surface area contributed by atoms with Crippen LogP contribution in [0.15, 0.2) is 49.1 Å². The summed E-state index contributed by atoms with van der Waals surface area (Å²) in [5.74, 6) is 1.76. The summed E-state index contributed by atoms with van der Waals surface area (Å²) >= 11 is 0. The van der Waals surface area contributed by atoms with Gasteiger partial charge in [0, 0.05) is 12.1 Å². The third kappa shape index (κ3) is 3.89. The first-order chi connectivity index (χ1) is 14.0. The van der Waals surface area contributed by atoms with E-state index in [-0.39, 0.29) is 11.9 Å². The molecule has 0 unspecified atom stereocenters. The molecule has 152 valence electrons. The average Bonchev–Trinajstić information content (AvgIpc) is 3.11. The lowest BCUT2D eigenvalue weighted by Crippen LogP contribution is -2.28. The Morgan fingerprint density at radius 1 is 1.17 bits per heavy atom. The van der Waals surface area contributed by atoms with Gasteiger partial charge in [0.25, 0.3) is 5.91 Å². The van der Waals surface area contributed by atoms with Crippen molar-refractivity contribution in [2.45, 2.75) is 19.5 Å². The van der Waals surface area contributed by atoms with E-state index >= 15 is 0 Å². The van der Waals surface area contributed by atoms with E-state index in [1.165, 1.54) is 21.3 Å². The first-order valence-corrected chi connectivity index (χ1v) is 9.21. The largest absolute Gasteiger partial charge is 0.493 e. The number of allylic oxidation sites excluding steroid dienone is 1. The van der Waals surface area contributed by atoms with Gasteiger partial charge in [-0.3, -0.25) is 4.79 Å². The van der Waals surface area contributed by atoms with Crippen LogP contribution in [0.1, 0.15) is 29.1 Å². The summed E-state index contributed by atoms with van der Waals surface area (Å²) in [4.78, 5) is 17.6. The fraction of sp³-hybridized carbons (Fsp3) is 0.273. The Labute approximate surface area is 169 Å². The predicted octanol–water partition coefficient (Wildman–Crippen LogP) is 3.74. The molecule has 0 bridgehead atoms. The van der Waals surface area contributed by atoms with Crippen LogP contribution in [0.4, 0.5) is 0 Å². The highest BCUT2D eigenvalue weighted by Gasteiger charge is 2.21. The fourth-order valence-electron chi connectivity index (χ4n) is 3.30. The zero-order valence-electron chi connectivity index (χ0n) is 17.1. The van der Waals surface area contributed by atoms with Gasteiger partial charge in [0.15, 0.2) is 11.5 Å². The van der Waals surface area contributed by atoms with Crippen molar-refractivity contribution in [3.05, 3.63) is 60.4 Å². The molecule has 1 heterocycles. The lowest BCUT2D eigenvalue weighted by atomic mass is 10.1. The number of nitrogens with zero attached hydrogens (tertiary/aromatic N) is 2. The average molecular weight is 395 g/mol. The van der Waals surface area contributed by atoms with E-state index in [1.807, 2.05) is 41.8 Å². The second kappa shape index (κ2) is 8.68. The number of hydrogen-bond acceptors (Lipinski definition) is 5. The Morgan fingerprint density at radius 2 is 1.83 bits per heavy atom. The Morgan fingerprint density at radius 3 is 2.41 bits per heavy atom. The van der Waals surface area contributed by atoms with Crippen molar-refractivity contribution in [3.8, 4) is 17.2 Å². The van der Waals surface area contributed by atoms with Crippen LogP contribution in [0, 0.1) is 0 Å². The number of nitrogens with one attached hydrogen (secondary N) is 1. The van der Waals surface area contributed by atoms with Crippen LogP contribution in [-0.4, -0.2) is 36.8 Å². The molecule has 0 spiro atoms. The molecule has 2 aromatic carbocycles. The molecule has 3 rings (SSSR count). The van der Waals surface area contributed by atoms with Crippen molar-refractivity contribution < 1.29 is 19.0 Å². The maximum Gasteiger partial charge on any atom is 0.252 e. The monoisotopic (exact) mass is 395 g/mol. The second-order valence-electron chi connectivity index (χ2n) is 6.47. The van der Waals surface area contributed by atoms with Gasteiger partial charge in [-0.15, -0.1) is 6.58 Å². The number of methoxy groups -OCH3 is 3. The van der Waals surface area contributed by atoms with Crippen LogP contribution in [0.25, 0.3) is 11.0 Å². The molecule has 29 heavy (non-hydrogen) atoms. The molecule has 7 nitrogen and oxygen atoms in total. The van der Waals surface area contributed by atoms with Gasteiger partial charge in [0.2, 0.25) is 5.75 Å². The van der Waals surface area contributed by atoms with Crippen LogP contribution in [-0.2, 0) is 6.54 Å². The Hall–Kier alpha value is -3.48. The molecule has 0 aliphatic heterocycles. The van der Waals surface area contributed by atoms with Gasteiger partial charge >= 0.3 is 0 Å². The summed E-state index contributed by atoms with van der Waals surface area (Å²) in [5, 5.41) is 3.00. The zero-order chi connectivity index (χ0) is 21.0. The van der Waals surface area contributed by atoms with Gasteiger partial charge in [-0.25, -0.2) is 4.98 Å². The van der Waals surface area contributed by atoms with Gasteiger partial charge in [-0.1, -0.05) is 18.2 Å². The Balaban J connectivity index is 1.92. The van der Waals surface area contributed by atoms with E-state index in [0.29, 0.717) is 29.4 Å². The number of aromatic nitrogens is 2. The number of hydrogen-bond donors (Lipinski definition) is 1. The van der Waals surface area contributed by atoms with E-state index < -0.39 is 0 Å². The van der Waals surface area contributed by atoms with Gasteiger partial charge in [-0.2, -0.15) is 0 Å². The molecule has 0 saturated heterocycles. The Kier molecular flexibility index (Phi) is 6.07. The molecule has 3 aromatic rings. The van der Waals surface area contributed by atoms with Gasteiger partial charge < -0.3 is 24.1 Å². The maximum atomic E-state index is 12.9. The molecule has 1 atom stereocenters. The number of imidazole rings is 1. The van der Waals surface area contributed by atoms with Gasteiger partial charge in [0.05, 0.1) is 38.4 Å². The first-order valence-electron chi connectivity index (χ1n) is 9.21. The van der Waals surface area contributed by atoms with E-state index in [1.54, 1.807) is 12.1 Å². The molecule has 0 radical (unpaired) electrons. The highest BCUT2D eigenvalue weighted by Crippen LogP contribution is 2.38. The number of carbonyl (C=O) groups is 1. The number of benzene rings is 2. The van der Waals surface area contributed by atoms with Crippen LogP contribution in [0.3, 0.4) is 0 Å². The van der Waals surface area contributed by atoms with E-state index in [9.17, 15) is 4.79 Å². The normalized spacial score (nSPS) is 11.7. The third-order valence-electron chi connectivity index (χ3n) is 4.66. The van der Waals surface area contributed by atoms with Crippen molar-refractivity contribution in [2.24, 2.45) is 0 Å². The van der Waals surface area contributed by atoms with Crippen LogP contribution in [0.5, 0.6) is 17.2 Å². The Bertz CT molecular complexity index is 1020. The maximum absolute atomic E-state index is 12.9. The standard InChI is InChI=1S/C22H25N3O4/c1-6-11-25-17-10-8-7-9-16(17)24-21(25)14(2)23-22(26)15-12-18(27-3)20(29-5)19(13-15)28-4/h6-10,12-14H,1,11H2,2-5H3,(H,23,26)/t14-/m0/s1. The molecular weight excluding hydrogens is 370 g/mol. The van der Waals surface area contributed by atoms with Crippen LogP contribution >= 0.6 is 0 Å². The van der Waals surface area contributed by atoms with Crippen LogP contribution < -0.4 is 19.5 Å². The lowest BCUT2D eigenvalue weighted by Gasteiger charge is -2.17. The molecule has 1 aromatic heterocycles. The van der Waals surface area contributed by atoms with E-state index in [0.717, 1.165) is 16.9 Å². The molecule has 0 aliphatic carbocycles. The number of ether oxygens (including phenoxy) is 3. The minimum atomic E-state index is -0.325. The lowest BCUT2D eigenvalue weighted by molar-refractivity contribution is 0.0937. The second-order valence-corrected chi connectivity index (χ2v) is 6.47. The van der Waals surface area contributed by atoms with Crippen molar-refractivity contribution in [1.82, 2.24) is 14.9 Å². The highest BCUT2D eigenvalue weighted by atomic mass is 16.5. The summed E-state index contributed by atoms with van der Waals surface area (Å²) in [6.07, 6.45) is 1.81. The molecular formula is C22H25N3O4. The molecule has 0 fully saturated rings. The molecule has 0 saturated carbocycles. The number of rotatable bonds is 8. The summed E-state index contributed by atoms with van der Waals surface area (Å²) in [7, 11) is 4.55. The molecule has 0 aliphatic rings. The number of para-hydroxylation sites is 2. The summed E-state index contributed by atoms with van der Waals surface area (Å²) < 4.78 is 18.0. The van der Waals surface area contributed by atoms with Crippen molar-refractivity contribution >= 4 is 16.9 Å². The SMILES string of the molecule is C=CCn1c([C@H](C)NC(=O)c2cc(OC)c(OC)c(OC)c2)nc2ccccc21. The minimum Gasteiger partial charge on any atom is -0.493 e. The van der Waals surface area contributed by atoms with E-state index in [2.05, 4.69) is 11.9 Å². The molecule has 1 N–H and O–H groups in total. The van der Waals surface area contributed by atoms with Crippen molar-refractivity contribution in [3.63, 3.8) is 0 Å². The third-order valence-corrected chi connectivity index (χ3v) is 4.66. The number of carbonyl (C=O) groups excluding carboxylic acids is 1. The molecule has 7 heteroatoms. The predicted molar refractivity (Wildman–Crippen MR) is 112 cm³/mol. The summed E-state index contributed by atoms with van der Waals surface area (Å²) in [6, 6.07) is 10.8. The number of amides is 1. The minimum absolute atomic E-state index is 0.269. The highest BCUT2D eigenvalue weighted by molar-refractivity contribution is 5.96. The zero-order valence-corrected chi connectivity index (χ0v) is 17.1.